The van der Waals surface area contributed by atoms with Gasteiger partial charge in [0, 0.05) is 37.7 Å². The summed E-state index contributed by atoms with van der Waals surface area (Å²) in [4.78, 5) is 1.90. The highest BCUT2D eigenvalue weighted by Gasteiger charge is 2.35. The number of aliphatic hydroxyl groups is 1. The van der Waals surface area contributed by atoms with Gasteiger partial charge in [0.05, 0.1) is 5.56 Å². The van der Waals surface area contributed by atoms with E-state index in [4.69, 9.17) is 0 Å². The van der Waals surface area contributed by atoms with Gasteiger partial charge in [-0.1, -0.05) is 72.8 Å². The largest absolute Gasteiger partial charge is 0.419 e. The molecule has 3 aromatic carbocycles. The van der Waals surface area contributed by atoms with E-state index in [0.717, 1.165) is 17.2 Å². The number of rotatable bonds is 9. The van der Waals surface area contributed by atoms with Crippen molar-refractivity contribution in [2.45, 2.75) is 25.1 Å². The summed E-state index contributed by atoms with van der Waals surface area (Å²) >= 11 is 0. The average Bonchev–Trinajstić information content (AvgIpc) is 2.77. The van der Waals surface area contributed by atoms with Crippen LogP contribution in [-0.4, -0.2) is 29.7 Å². The molecule has 0 unspecified atom stereocenters. The van der Waals surface area contributed by atoms with E-state index in [2.05, 4.69) is 0 Å². The molecule has 0 radical (unpaired) electrons. The molecule has 0 atom stereocenters. The third-order valence-corrected chi connectivity index (χ3v) is 5.26. The molecular weight excluding hydrogens is 406 g/mol. The first-order chi connectivity index (χ1) is 14.9. The van der Waals surface area contributed by atoms with Crippen LogP contribution in [0.3, 0.4) is 0 Å². The van der Waals surface area contributed by atoms with Gasteiger partial charge in [0.25, 0.3) is 0 Å². The van der Waals surface area contributed by atoms with Crippen LogP contribution in [0.2, 0.25) is 0 Å². The fourth-order valence-corrected chi connectivity index (χ4v) is 3.72. The lowest BCUT2D eigenvalue weighted by Gasteiger charge is -2.29. The van der Waals surface area contributed by atoms with E-state index >= 15 is 0 Å². The van der Waals surface area contributed by atoms with Gasteiger partial charge in [0.1, 0.15) is 5.82 Å². The van der Waals surface area contributed by atoms with Crippen molar-refractivity contribution in [3.05, 3.63) is 107 Å². The second-order valence-corrected chi connectivity index (χ2v) is 7.46. The third kappa shape index (κ3) is 6.15. The SMILES string of the molecule is OCCCN(Cc1cccc(C(F)(F)F)c1F)CC(c1ccccc1)c1ccccc1. The van der Waals surface area contributed by atoms with Crippen molar-refractivity contribution in [2.75, 3.05) is 19.7 Å². The Hall–Kier alpha value is -2.70. The van der Waals surface area contributed by atoms with Crippen LogP contribution in [0.15, 0.2) is 78.9 Å². The van der Waals surface area contributed by atoms with Gasteiger partial charge in [-0.2, -0.15) is 13.2 Å². The fourth-order valence-electron chi connectivity index (χ4n) is 3.72. The van der Waals surface area contributed by atoms with Gasteiger partial charge < -0.3 is 5.11 Å². The van der Waals surface area contributed by atoms with Crippen molar-refractivity contribution in [3.63, 3.8) is 0 Å². The Bertz CT molecular complexity index is 905. The molecule has 0 saturated carbocycles. The zero-order valence-electron chi connectivity index (χ0n) is 17.0. The smallest absolute Gasteiger partial charge is 0.396 e. The lowest BCUT2D eigenvalue weighted by atomic mass is 9.90. The molecule has 0 spiro atoms. The number of benzene rings is 3. The van der Waals surface area contributed by atoms with Crippen LogP contribution in [0.4, 0.5) is 17.6 Å². The van der Waals surface area contributed by atoms with Crippen molar-refractivity contribution in [3.8, 4) is 0 Å². The Morgan fingerprint density at radius 3 is 1.90 bits per heavy atom. The molecule has 3 aromatic rings. The molecule has 0 aliphatic carbocycles. The van der Waals surface area contributed by atoms with E-state index < -0.39 is 17.6 Å². The Morgan fingerprint density at radius 2 is 1.39 bits per heavy atom. The average molecular weight is 431 g/mol. The maximum atomic E-state index is 14.6. The number of hydrogen-bond donors (Lipinski definition) is 1. The highest BCUT2D eigenvalue weighted by Crippen LogP contribution is 2.33. The van der Waals surface area contributed by atoms with Crippen LogP contribution >= 0.6 is 0 Å². The van der Waals surface area contributed by atoms with Gasteiger partial charge in [0.2, 0.25) is 0 Å². The summed E-state index contributed by atoms with van der Waals surface area (Å²) < 4.78 is 54.0. The maximum absolute atomic E-state index is 14.6. The van der Waals surface area contributed by atoms with Crippen molar-refractivity contribution >= 4 is 0 Å². The molecule has 1 N–H and O–H groups in total. The number of hydrogen-bond acceptors (Lipinski definition) is 2. The van der Waals surface area contributed by atoms with Crippen molar-refractivity contribution in [1.82, 2.24) is 4.90 Å². The molecule has 0 aliphatic rings. The Kier molecular flexibility index (Phi) is 7.82. The lowest BCUT2D eigenvalue weighted by molar-refractivity contribution is -0.140. The molecule has 164 valence electrons. The first kappa shape index (κ1) is 23.0. The second kappa shape index (κ2) is 10.6. The Labute approximate surface area is 179 Å². The van der Waals surface area contributed by atoms with Crippen LogP contribution in [0.25, 0.3) is 0 Å². The van der Waals surface area contributed by atoms with E-state index in [9.17, 15) is 22.7 Å². The molecule has 0 aliphatic heterocycles. The molecule has 0 bridgehead atoms. The van der Waals surface area contributed by atoms with Crippen molar-refractivity contribution < 1.29 is 22.7 Å². The van der Waals surface area contributed by atoms with Crippen molar-refractivity contribution in [2.24, 2.45) is 0 Å². The van der Waals surface area contributed by atoms with Gasteiger partial charge in [0.15, 0.2) is 0 Å². The standard InChI is InChI=1S/C25H25F4NO/c26-24-21(13-7-14-23(24)25(27,28)29)17-30(15-8-16-31)18-22(19-9-3-1-4-10-19)20-11-5-2-6-12-20/h1-7,9-14,22,31H,8,15-18H2. The third-order valence-electron chi connectivity index (χ3n) is 5.26. The zero-order chi connectivity index (χ0) is 22.3. The highest BCUT2D eigenvalue weighted by atomic mass is 19.4. The molecule has 3 rings (SSSR count). The van der Waals surface area contributed by atoms with Gasteiger partial charge >= 0.3 is 6.18 Å². The van der Waals surface area contributed by atoms with E-state index in [1.165, 1.54) is 12.1 Å². The van der Waals surface area contributed by atoms with Crippen LogP contribution in [-0.2, 0) is 12.7 Å². The monoisotopic (exact) mass is 431 g/mol. The van der Waals surface area contributed by atoms with E-state index in [-0.39, 0.29) is 24.6 Å². The first-order valence-corrected chi connectivity index (χ1v) is 10.2. The maximum Gasteiger partial charge on any atom is 0.419 e. The van der Waals surface area contributed by atoms with Crippen LogP contribution in [0, 0.1) is 5.82 Å². The van der Waals surface area contributed by atoms with Crippen LogP contribution < -0.4 is 0 Å². The first-order valence-electron chi connectivity index (χ1n) is 10.2. The summed E-state index contributed by atoms with van der Waals surface area (Å²) in [5.74, 6) is -1.28. The summed E-state index contributed by atoms with van der Waals surface area (Å²) in [5.41, 5.74) is 0.863. The Morgan fingerprint density at radius 1 is 0.806 bits per heavy atom. The minimum absolute atomic E-state index is 0.00682. The summed E-state index contributed by atoms with van der Waals surface area (Å²) in [6.07, 6.45) is -4.30. The van der Waals surface area contributed by atoms with Crippen LogP contribution in [0.1, 0.15) is 34.6 Å². The highest BCUT2D eigenvalue weighted by molar-refractivity contribution is 5.33. The van der Waals surface area contributed by atoms with Gasteiger partial charge in [-0.3, -0.25) is 4.90 Å². The van der Waals surface area contributed by atoms with Crippen LogP contribution in [0.5, 0.6) is 0 Å². The van der Waals surface area contributed by atoms with E-state index in [1.807, 2.05) is 65.6 Å². The predicted octanol–water partition coefficient (Wildman–Crippen LogP) is 5.86. The van der Waals surface area contributed by atoms with Crippen molar-refractivity contribution in [1.29, 1.82) is 0 Å². The molecule has 0 amide bonds. The predicted molar refractivity (Wildman–Crippen MR) is 113 cm³/mol. The number of alkyl halides is 3. The molecule has 0 aromatic heterocycles. The summed E-state index contributed by atoms with van der Waals surface area (Å²) in [7, 11) is 0. The summed E-state index contributed by atoms with van der Waals surface area (Å²) in [5, 5.41) is 9.31. The van der Waals surface area contributed by atoms with Gasteiger partial charge in [-0.25, -0.2) is 4.39 Å². The summed E-state index contributed by atoms with van der Waals surface area (Å²) in [6.45, 7) is 0.876. The molecule has 6 heteroatoms. The van der Waals surface area contributed by atoms with E-state index in [0.29, 0.717) is 19.5 Å². The zero-order valence-corrected chi connectivity index (χ0v) is 17.0. The summed E-state index contributed by atoms with van der Waals surface area (Å²) in [6, 6.07) is 23.0. The fraction of sp³-hybridized carbons (Fsp3) is 0.280. The number of aliphatic hydroxyl groups excluding tert-OH is 1. The molecule has 0 fully saturated rings. The van der Waals surface area contributed by atoms with Gasteiger partial charge in [-0.05, 0) is 23.6 Å². The quantitative estimate of drug-likeness (QED) is 0.429. The molecule has 2 nitrogen and oxygen atoms in total. The minimum Gasteiger partial charge on any atom is -0.396 e. The lowest BCUT2D eigenvalue weighted by Crippen LogP contribution is -2.31. The Balaban J connectivity index is 1.91. The molecular formula is C25H25F4NO. The van der Waals surface area contributed by atoms with E-state index in [1.54, 1.807) is 0 Å². The second-order valence-electron chi connectivity index (χ2n) is 7.46. The molecule has 31 heavy (non-hydrogen) atoms. The minimum atomic E-state index is -4.74. The topological polar surface area (TPSA) is 23.5 Å². The van der Waals surface area contributed by atoms with Gasteiger partial charge in [-0.15, -0.1) is 0 Å². The molecule has 0 heterocycles. The normalized spacial score (nSPS) is 12.0. The number of nitrogens with zero attached hydrogens (tertiary/aromatic N) is 1. The number of halogens is 4. The molecule has 0 saturated heterocycles.